The normalized spacial score (nSPS) is 9.90. The molecule has 7 heteroatoms. The SMILES string of the molecule is CNc1cccc(Oc2ccc([N+](=O)[O-])cc2OC)n1. The second-order valence-electron chi connectivity index (χ2n) is 3.81. The van der Waals surface area contributed by atoms with E-state index in [1.165, 1.54) is 25.3 Å². The molecule has 1 N–H and O–H groups in total. The van der Waals surface area contributed by atoms with Crippen LogP contribution in [0.15, 0.2) is 36.4 Å². The van der Waals surface area contributed by atoms with Crippen LogP contribution in [0.4, 0.5) is 11.5 Å². The van der Waals surface area contributed by atoms with E-state index in [2.05, 4.69) is 10.3 Å². The van der Waals surface area contributed by atoms with Gasteiger partial charge in [0.1, 0.15) is 5.82 Å². The van der Waals surface area contributed by atoms with Crippen LogP contribution in [0.1, 0.15) is 0 Å². The summed E-state index contributed by atoms with van der Waals surface area (Å²) >= 11 is 0. The maximum absolute atomic E-state index is 10.7. The van der Waals surface area contributed by atoms with Gasteiger partial charge in [0.25, 0.3) is 5.69 Å². The number of pyridine rings is 1. The lowest BCUT2D eigenvalue weighted by Crippen LogP contribution is -1.96. The van der Waals surface area contributed by atoms with Crippen LogP contribution >= 0.6 is 0 Å². The predicted octanol–water partition coefficient (Wildman–Crippen LogP) is 2.83. The van der Waals surface area contributed by atoms with Crippen molar-refractivity contribution >= 4 is 11.5 Å². The van der Waals surface area contributed by atoms with Crippen LogP contribution in [0.25, 0.3) is 0 Å². The van der Waals surface area contributed by atoms with Crippen molar-refractivity contribution in [3.63, 3.8) is 0 Å². The Morgan fingerprint density at radius 3 is 2.70 bits per heavy atom. The van der Waals surface area contributed by atoms with E-state index in [9.17, 15) is 10.1 Å². The van der Waals surface area contributed by atoms with Crippen molar-refractivity contribution in [2.45, 2.75) is 0 Å². The monoisotopic (exact) mass is 275 g/mol. The smallest absolute Gasteiger partial charge is 0.273 e. The van der Waals surface area contributed by atoms with Gasteiger partial charge >= 0.3 is 0 Å². The molecule has 1 aromatic carbocycles. The molecule has 1 aromatic heterocycles. The number of anilines is 1. The third-order valence-corrected chi connectivity index (χ3v) is 2.55. The number of benzene rings is 1. The van der Waals surface area contributed by atoms with Crippen LogP contribution in [0.2, 0.25) is 0 Å². The summed E-state index contributed by atoms with van der Waals surface area (Å²) in [5, 5.41) is 13.6. The lowest BCUT2D eigenvalue weighted by atomic mass is 10.3. The molecule has 0 spiro atoms. The summed E-state index contributed by atoms with van der Waals surface area (Å²) in [6.07, 6.45) is 0. The van der Waals surface area contributed by atoms with E-state index in [4.69, 9.17) is 9.47 Å². The molecule has 7 nitrogen and oxygen atoms in total. The van der Waals surface area contributed by atoms with Crippen LogP contribution in [-0.2, 0) is 0 Å². The average Bonchev–Trinajstić information content (AvgIpc) is 2.47. The van der Waals surface area contributed by atoms with Crippen LogP contribution in [0.3, 0.4) is 0 Å². The summed E-state index contributed by atoms with van der Waals surface area (Å²) in [7, 11) is 3.17. The number of ether oxygens (including phenoxy) is 2. The summed E-state index contributed by atoms with van der Waals surface area (Å²) in [4.78, 5) is 14.4. The molecule has 20 heavy (non-hydrogen) atoms. The summed E-state index contributed by atoms with van der Waals surface area (Å²) in [6.45, 7) is 0. The van der Waals surface area contributed by atoms with E-state index in [0.717, 1.165) is 0 Å². The highest BCUT2D eigenvalue weighted by molar-refractivity contribution is 5.50. The van der Waals surface area contributed by atoms with Crippen molar-refractivity contribution < 1.29 is 14.4 Å². The van der Waals surface area contributed by atoms with Crippen LogP contribution in [0, 0.1) is 10.1 Å². The number of nitro benzene ring substituents is 1. The first-order valence-corrected chi connectivity index (χ1v) is 5.79. The van der Waals surface area contributed by atoms with E-state index in [-0.39, 0.29) is 11.4 Å². The highest BCUT2D eigenvalue weighted by Crippen LogP contribution is 2.34. The Morgan fingerprint density at radius 1 is 1.25 bits per heavy atom. The van der Waals surface area contributed by atoms with E-state index < -0.39 is 4.92 Å². The van der Waals surface area contributed by atoms with Crippen LogP contribution in [-0.4, -0.2) is 24.1 Å². The zero-order valence-electron chi connectivity index (χ0n) is 11.0. The molecule has 0 aliphatic carbocycles. The minimum absolute atomic E-state index is 0.0638. The molecule has 0 atom stereocenters. The Labute approximate surface area is 115 Å². The standard InChI is InChI=1S/C13H13N3O4/c1-14-12-4-3-5-13(15-12)20-10-7-6-9(16(17)18)8-11(10)19-2/h3-8H,1-2H3,(H,14,15). The minimum atomic E-state index is -0.494. The lowest BCUT2D eigenvalue weighted by molar-refractivity contribution is -0.384. The molecule has 0 radical (unpaired) electrons. The molecule has 1 heterocycles. The molecular formula is C13H13N3O4. The van der Waals surface area contributed by atoms with Crippen molar-refractivity contribution in [2.24, 2.45) is 0 Å². The number of nitro groups is 1. The molecule has 0 saturated heterocycles. The fraction of sp³-hybridized carbons (Fsp3) is 0.154. The van der Waals surface area contributed by atoms with Gasteiger partial charge in [0.15, 0.2) is 11.5 Å². The molecule has 0 unspecified atom stereocenters. The molecule has 0 amide bonds. The lowest BCUT2D eigenvalue weighted by Gasteiger charge is -2.10. The van der Waals surface area contributed by atoms with Crippen LogP contribution in [0.5, 0.6) is 17.4 Å². The maximum atomic E-state index is 10.7. The van der Waals surface area contributed by atoms with Gasteiger partial charge in [-0.3, -0.25) is 10.1 Å². The molecule has 2 rings (SSSR count). The van der Waals surface area contributed by atoms with Crippen molar-refractivity contribution in [3.8, 4) is 17.4 Å². The predicted molar refractivity (Wildman–Crippen MR) is 73.5 cm³/mol. The number of nitrogens with zero attached hydrogens (tertiary/aromatic N) is 2. The van der Waals surface area contributed by atoms with Gasteiger partial charge in [-0.15, -0.1) is 0 Å². The van der Waals surface area contributed by atoms with Crippen LogP contribution < -0.4 is 14.8 Å². The molecule has 0 saturated carbocycles. The third kappa shape index (κ3) is 2.94. The van der Waals surface area contributed by atoms with Gasteiger partial charge in [0.05, 0.1) is 18.1 Å². The highest BCUT2D eigenvalue weighted by Gasteiger charge is 2.13. The summed E-state index contributed by atoms with van der Waals surface area (Å²) in [5.74, 6) is 1.65. The molecule has 2 aromatic rings. The van der Waals surface area contributed by atoms with Gasteiger partial charge in [0, 0.05) is 19.2 Å². The molecule has 0 bridgehead atoms. The summed E-state index contributed by atoms with van der Waals surface area (Å²) in [6, 6.07) is 9.38. The van der Waals surface area contributed by atoms with E-state index in [1.54, 1.807) is 25.2 Å². The second kappa shape index (κ2) is 5.87. The number of non-ortho nitro benzene ring substituents is 1. The topological polar surface area (TPSA) is 86.5 Å². The first-order valence-electron chi connectivity index (χ1n) is 5.79. The number of hydrogen-bond donors (Lipinski definition) is 1. The highest BCUT2D eigenvalue weighted by atomic mass is 16.6. The van der Waals surface area contributed by atoms with Gasteiger partial charge in [-0.2, -0.15) is 4.98 Å². The molecule has 0 aliphatic rings. The van der Waals surface area contributed by atoms with Gasteiger partial charge in [0.2, 0.25) is 5.88 Å². The van der Waals surface area contributed by atoms with Crippen molar-refractivity contribution in [1.29, 1.82) is 0 Å². The average molecular weight is 275 g/mol. The number of methoxy groups -OCH3 is 1. The first kappa shape index (κ1) is 13.6. The fourth-order valence-electron chi connectivity index (χ4n) is 1.58. The number of rotatable bonds is 5. The summed E-state index contributed by atoms with van der Waals surface area (Å²) in [5.41, 5.74) is -0.0638. The Bertz CT molecular complexity index is 631. The maximum Gasteiger partial charge on any atom is 0.273 e. The minimum Gasteiger partial charge on any atom is -0.493 e. The number of hydrogen-bond acceptors (Lipinski definition) is 6. The van der Waals surface area contributed by atoms with E-state index in [1.807, 2.05) is 0 Å². The van der Waals surface area contributed by atoms with Gasteiger partial charge in [-0.25, -0.2) is 0 Å². The number of nitrogens with one attached hydrogen (secondary N) is 1. The number of aromatic nitrogens is 1. The Balaban J connectivity index is 2.30. The summed E-state index contributed by atoms with van der Waals surface area (Å²) < 4.78 is 10.7. The van der Waals surface area contributed by atoms with Crippen molar-refractivity contribution in [1.82, 2.24) is 4.98 Å². The Hall–Kier alpha value is -2.83. The zero-order valence-corrected chi connectivity index (χ0v) is 11.0. The second-order valence-corrected chi connectivity index (χ2v) is 3.81. The zero-order chi connectivity index (χ0) is 14.5. The Morgan fingerprint density at radius 2 is 2.05 bits per heavy atom. The largest absolute Gasteiger partial charge is 0.493 e. The van der Waals surface area contributed by atoms with Gasteiger partial charge < -0.3 is 14.8 Å². The van der Waals surface area contributed by atoms with E-state index in [0.29, 0.717) is 17.4 Å². The quantitative estimate of drug-likeness (QED) is 0.667. The third-order valence-electron chi connectivity index (χ3n) is 2.55. The molecule has 0 aliphatic heterocycles. The van der Waals surface area contributed by atoms with Crippen molar-refractivity contribution in [3.05, 3.63) is 46.5 Å². The molecule has 0 fully saturated rings. The van der Waals surface area contributed by atoms with Crippen molar-refractivity contribution in [2.75, 3.05) is 19.5 Å². The molecule has 104 valence electrons. The van der Waals surface area contributed by atoms with Gasteiger partial charge in [-0.05, 0) is 12.1 Å². The molecular weight excluding hydrogens is 262 g/mol. The Kier molecular flexibility index (Phi) is 3.99. The first-order chi connectivity index (χ1) is 9.63. The van der Waals surface area contributed by atoms with Gasteiger partial charge in [-0.1, -0.05) is 6.07 Å². The van der Waals surface area contributed by atoms with E-state index >= 15 is 0 Å². The fourth-order valence-corrected chi connectivity index (χ4v) is 1.58.